The SMILES string of the molecule is Cc1ccc2nc(C3CCCCC3CN)[nH]c2c1. The summed E-state index contributed by atoms with van der Waals surface area (Å²) in [7, 11) is 0. The second kappa shape index (κ2) is 4.73. The Morgan fingerprint density at radius 2 is 2.17 bits per heavy atom. The lowest BCUT2D eigenvalue weighted by Crippen LogP contribution is -2.25. The number of nitrogens with two attached hydrogens (primary N) is 1. The Labute approximate surface area is 108 Å². The van der Waals surface area contributed by atoms with E-state index < -0.39 is 0 Å². The van der Waals surface area contributed by atoms with Gasteiger partial charge in [-0.1, -0.05) is 18.9 Å². The molecule has 1 fully saturated rings. The fourth-order valence-corrected chi connectivity index (χ4v) is 3.17. The topological polar surface area (TPSA) is 54.7 Å². The van der Waals surface area contributed by atoms with E-state index in [1.807, 2.05) is 0 Å². The summed E-state index contributed by atoms with van der Waals surface area (Å²) >= 11 is 0. The van der Waals surface area contributed by atoms with Crippen LogP contribution in [0.25, 0.3) is 11.0 Å². The Morgan fingerprint density at radius 3 is 3.00 bits per heavy atom. The maximum Gasteiger partial charge on any atom is 0.110 e. The molecular formula is C15H21N3. The predicted molar refractivity (Wildman–Crippen MR) is 74.6 cm³/mol. The van der Waals surface area contributed by atoms with Gasteiger partial charge in [0.05, 0.1) is 11.0 Å². The van der Waals surface area contributed by atoms with Gasteiger partial charge in [-0.25, -0.2) is 4.98 Å². The molecule has 0 bridgehead atoms. The van der Waals surface area contributed by atoms with E-state index in [0.717, 1.165) is 23.4 Å². The van der Waals surface area contributed by atoms with Crippen LogP contribution in [0.2, 0.25) is 0 Å². The molecule has 18 heavy (non-hydrogen) atoms. The van der Waals surface area contributed by atoms with Crippen molar-refractivity contribution in [3.05, 3.63) is 29.6 Å². The number of imidazole rings is 1. The highest BCUT2D eigenvalue weighted by atomic mass is 14.9. The third-order valence-corrected chi connectivity index (χ3v) is 4.22. The van der Waals surface area contributed by atoms with Crippen LogP contribution in [0.15, 0.2) is 18.2 Å². The van der Waals surface area contributed by atoms with Gasteiger partial charge in [-0.05, 0) is 49.9 Å². The molecule has 1 aliphatic rings. The van der Waals surface area contributed by atoms with Crippen LogP contribution in [-0.4, -0.2) is 16.5 Å². The summed E-state index contributed by atoms with van der Waals surface area (Å²) in [6, 6.07) is 6.39. The summed E-state index contributed by atoms with van der Waals surface area (Å²) in [5.41, 5.74) is 9.42. The van der Waals surface area contributed by atoms with Gasteiger partial charge in [0.1, 0.15) is 5.82 Å². The quantitative estimate of drug-likeness (QED) is 0.851. The van der Waals surface area contributed by atoms with Gasteiger partial charge in [0.15, 0.2) is 0 Å². The number of rotatable bonds is 2. The van der Waals surface area contributed by atoms with E-state index in [4.69, 9.17) is 10.7 Å². The molecular weight excluding hydrogens is 222 g/mol. The molecule has 2 unspecified atom stereocenters. The third-order valence-electron chi connectivity index (χ3n) is 4.22. The molecule has 1 aliphatic carbocycles. The van der Waals surface area contributed by atoms with E-state index in [-0.39, 0.29) is 0 Å². The number of aryl methyl sites for hydroxylation is 1. The van der Waals surface area contributed by atoms with Gasteiger partial charge in [-0.2, -0.15) is 0 Å². The van der Waals surface area contributed by atoms with E-state index in [1.165, 1.54) is 31.2 Å². The van der Waals surface area contributed by atoms with Gasteiger partial charge < -0.3 is 10.7 Å². The fraction of sp³-hybridized carbons (Fsp3) is 0.533. The van der Waals surface area contributed by atoms with E-state index in [0.29, 0.717) is 11.8 Å². The maximum absolute atomic E-state index is 5.91. The molecule has 2 aromatic rings. The Morgan fingerprint density at radius 1 is 1.33 bits per heavy atom. The zero-order valence-corrected chi connectivity index (χ0v) is 10.9. The number of H-pyrrole nitrogens is 1. The van der Waals surface area contributed by atoms with Crippen LogP contribution < -0.4 is 5.73 Å². The van der Waals surface area contributed by atoms with Crippen molar-refractivity contribution in [1.82, 2.24) is 9.97 Å². The van der Waals surface area contributed by atoms with Gasteiger partial charge in [0.25, 0.3) is 0 Å². The molecule has 3 nitrogen and oxygen atoms in total. The molecule has 3 rings (SSSR count). The van der Waals surface area contributed by atoms with E-state index in [9.17, 15) is 0 Å². The summed E-state index contributed by atoms with van der Waals surface area (Å²) in [4.78, 5) is 8.27. The fourth-order valence-electron chi connectivity index (χ4n) is 3.17. The van der Waals surface area contributed by atoms with Crippen molar-refractivity contribution in [3.8, 4) is 0 Å². The second-order valence-corrected chi connectivity index (χ2v) is 5.53. The van der Waals surface area contributed by atoms with Gasteiger partial charge in [0, 0.05) is 5.92 Å². The summed E-state index contributed by atoms with van der Waals surface area (Å²) in [6.07, 6.45) is 5.09. The first-order chi connectivity index (χ1) is 8.78. The van der Waals surface area contributed by atoms with Crippen LogP contribution in [-0.2, 0) is 0 Å². The summed E-state index contributed by atoms with van der Waals surface area (Å²) in [6.45, 7) is 2.89. The number of benzene rings is 1. The van der Waals surface area contributed by atoms with Crippen molar-refractivity contribution in [3.63, 3.8) is 0 Å². The van der Waals surface area contributed by atoms with Crippen LogP contribution in [0, 0.1) is 12.8 Å². The normalized spacial score (nSPS) is 24.6. The predicted octanol–water partition coefficient (Wildman–Crippen LogP) is 3.10. The van der Waals surface area contributed by atoms with Gasteiger partial charge in [0.2, 0.25) is 0 Å². The summed E-state index contributed by atoms with van der Waals surface area (Å²) in [5.74, 6) is 2.27. The zero-order chi connectivity index (χ0) is 12.5. The summed E-state index contributed by atoms with van der Waals surface area (Å²) in [5, 5.41) is 0. The molecule has 3 N–H and O–H groups in total. The molecule has 1 aromatic heterocycles. The monoisotopic (exact) mass is 243 g/mol. The van der Waals surface area contributed by atoms with Crippen LogP contribution >= 0.6 is 0 Å². The highest BCUT2D eigenvalue weighted by Gasteiger charge is 2.27. The van der Waals surface area contributed by atoms with E-state index in [1.54, 1.807) is 0 Å². The number of nitrogens with one attached hydrogen (secondary N) is 1. The zero-order valence-electron chi connectivity index (χ0n) is 10.9. The standard InChI is InChI=1S/C15H21N3/c1-10-6-7-13-14(8-10)18-15(17-13)12-5-3-2-4-11(12)9-16/h6-8,11-12H,2-5,9,16H2,1H3,(H,17,18). The Bertz CT molecular complexity index is 544. The maximum atomic E-state index is 5.91. The molecule has 0 saturated heterocycles. The Hall–Kier alpha value is -1.35. The molecule has 1 saturated carbocycles. The van der Waals surface area contributed by atoms with Crippen molar-refractivity contribution in [2.24, 2.45) is 11.7 Å². The van der Waals surface area contributed by atoms with E-state index in [2.05, 4.69) is 30.1 Å². The first-order valence-electron chi connectivity index (χ1n) is 6.94. The van der Waals surface area contributed by atoms with Crippen molar-refractivity contribution in [2.75, 3.05) is 6.54 Å². The van der Waals surface area contributed by atoms with E-state index >= 15 is 0 Å². The lowest BCUT2D eigenvalue weighted by atomic mass is 9.79. The smallest absolute Gasteiger partial charge is 0.110 e. The van der Waals surface area contributed by atoms with Crippen molar-refractivity contribution < 1.29 is 0 Å². The van der Waals surface area contributed by atoms with Crippen LogP contribution in [0.4, 0.5) is 0 Å². The molecule has 0 spiro atoms. The van der Waals surface area contributed by atoms with Crippen molar-refractivity contribution in [1.29, 1.82) is 0 Å². The second-order valence-electron chi connectivity index (χ2n) is 5.53. The van der Waals surface area contributed by atoms with Crippen molar-refractivity contribution in [2.45, 2.75) is 38.5 Å². The molecule has 1 heterocycles. The minimum absolute atomic E-state index is 0.524. The lowest BCUT2D eigenvalue weighted by molar-refractivity contribution is 0.306. The molecule has 96 valence electrons. The third kappa shape index (κ3) is 2.03. The number of fused-ring (bicyclic) bond motifs is 1. The first-order valence-corrected chi connectivity index (χ1v) is 6.94. The van der Waals surface area contributed by atoms with Gasteiger partial charge in [-0.15, -0.1) is 0 Å². The molecule has 1 aromatic carbocycles. The molecule has 0 amide bonds. The molecule has 2 atom stereocenters. The largest absolute Gasteiger partial charge is 0.342 e. The minimum Gasteiger partial charge on any atom is -0.342 e. The number of hydrogen-bond donors (Lipinski definition) is 2. The number of nitrogens with zero attached hydrogens (tertiary/aromatic N) is 1. The lowest BCUT2D eigenvalue weighted by Gasteiger charge is -2.28. The van der Waals surface area contributed by atoms with Crippen LogP contribution in [0.5, 0.6) is 0 Å². The summed E-state index contributed by atoms with van der Waals surface area (Å²) < 4.78 is 0. The molecule has 0 radical (unpaired) electrons. The Balaban J connectivity index is 1.97. The minimum atomic E-state index is 0.524. The highest BCUT2D eigenvalue weighted by Crippen LogP contribution is 2.36. The van der Waals surface area contributed by atoms with Gasteiger partial charge in [-0.3, -0.25) is 0 Å². The molecule has 0 aliphatic heterocycles. The van der Waals surface area contributed by atoms with Crippen LogP contribution in [0.3, 0.4) is 0 Å². The Kier molecular flexibility index (Phi) is 3.08. The average Bonchev–Trinajstić information content (AvgIpc) is 2.81. The average molecular weight is 243 g/mol. The highest BCUT2D eigenvalue weighted by molar-refractivity contribution is 5.75. The number of aromatic amines is 1. The molecule has 3 heteroatoms. The first kappa shape index (κ1) is 11.7. The number of hydrogen-bond acceptors (Lipinski definition) is 2. The van der Waals surface area contributed by atoms with Crippen molar-refractivity contribution >= 4 is 11.0 Å². The number of aromatic nitrogens is 2. The van der Waals surface area contributed by atoms with Crippen LogP contribution in [0.1, 0.15) is 43.0 Å². The van der Waals surface area contributed by atoms with Gasteiger partial charge >= 0.3 is 0 Å².